The average Bonchev–Trinajstić information content (AvgIpc) is 3.02. The number of ether oxygens (including phenoxy) is 2. The van der Waals surface area contributed by atoms with Gasteiger partial charge in [-0.1, -0.05) is 36.4 Å². The molecule has 0 bridgehead atoms. The maximum Gasteiger partial charge on any atom is 0.348 e. The van der Waals surface area contributed by atoms with Crippen LogP contribution in [-0.2, 0) is 19.3 Å². The van der Waals surface area contributed by atoms with E-state index in [4.69, 9.17) is 9.47 Å². The molecule has 0 spiro atoms. The van der Waals surface area contributed by atoms with E-state index < -0.39 is 50.2 Å². The monoisotopic (exact) mass is 437 g/mol. The molecule has 1 unspecified atom stereocenters. The van der Waals surface area contributed by atoms with Crippen molar-refractivity contribution in [3.05, 3.63) is 76.3 Å². The van der Waals surface area contributed by atoms with E-state index in [0.717, 1.165) is 6.92 Å². The molecule has 1 aliphatic rings. The summed E-state index contributed by atoms with van der Waals surface area (Å²) in [4.78, 5) is 19.8. The van der Waals surface area contributed by atoms with E-state index >= 15 is 0 Å². The molecule has 10 nitrogen and oxygen atoms in total. The maximum absolute atomic E-state index is 13.1. The van der Waals surface area contributed by atoms with Gasteiger partial charge >= 0.3 is 10.8 Å². The Morgan fingerprint density at radius 2 is 1.60 bits per heavy atom. The van der Waals surface area contributed by atoms with Crippen molar-refractivity contribution in [3.63, 3.8) is 0 Å². The molecule has 0 aliphatic carbocycles. The molecule has 2 aromatic rings. The van der Waals surface area contributed by atoms with E-state index in [1.54, 1.807) is 18.2 Å². The highest BCUT2D eigenvalue weighted by atomic mass is 32.2. The van der Waals surface area contributed by atoms with Crippen LogP contribution in [0.5, 0.6) is 0 Å². The minimum Gasteiger partial charge on any atom is -0.429 e. The Bertz CT molecular complexity index is 1030. The third kappa shape index (κ3) is 3.56. The quantitative estimate of drug-likeness (QED) is 0.379. The fourth-order valence-corrected chi connectivity index (χ4v) is 4.82. The average molecular weight is 437 g/mol. The van der Waals surface area contributed by atoms with Crippen LogP contribution in [0.2, 0.25) is 0 Å². The van der Waals surface area contributed by atoms with E-state index in [9.17, 15) is 33.5 Å². The molecule has 0 aromatic heterocycles. The van der Waals surface area contributed by atoms with E-state index in [1.165, 1.54) is 42.5 Å². The molecule has 2 aromatic carbocycles. The molecule has 2 N–H and O–H groups in total. The standard InChI is InChI=1S/C19H19NO9S/c1-19(20(24)25,30(26,27)13-10-6-3-7-11-13)16-14(21)15(22)18(28-16)29-17(23)12-8-4-2-5-9-12/h2-11,14-16,18,21-22H,1H3/t14-,15+,16-,18-,19?/m0/s1. The van der Waals surface area contributed by atoms with Crippen LogP contribution in [0.1, 0.15) is 17.3 Å². The van der Waals surface area contributed by atoms with Gasteiger partial charge < -0.3 is 19.7 Å². The summed E-state index contributed by atoms with van der Waals surface area (Å²) in [6.07, 6.45) is -7.72. The lowest BCUT2D eigenvalue weighted by atomic mass is 10.1. The molecular formula is C19H19NO9S. The number of carbonyl (C=O) groups is 1. The van der Waals surface area contributed by atoms with Crippen molar-refractivity contribution in [2.45, 2.75) is 41.3 Å². The smallest absolute Gasteiger partial charge is 0.348 e. The summed E-state index contributed by atoms with van der Waals surface area (Å²) < 4.78 is 36.4. The first kappa shape index (κ1) is 21.8. The van der Waals surface area contributed by atoms with Crippen LogP contribution in [0.15, 0.2) is 65.6 Å². The molecule has 0 saturated carbocycles. The van der Waals surface area contributed by atoms with Crippen molar-refractivity contribution in [1.29, 1.82) is 0 Å². The molecule has 5 atom stereocenters. The minimum atomic E-state index is -4.68. The summed E-state index contributed by atoms with van der Waals surface area (Å²) in [5.74, 6) is -0.916. The van der Waals surface area contributed by atoms with Gasteiger partial charge in [0.15, 0.2) is 6.10 Å². The van der Waals surface area contributed by atoms with Crippen molar-refractivity contribution in [3.8, 4) is 0 Å². The second-order valence-corrected chi connectivity index (χ2v) is 9.11. The van der Waals surface area contributed by atoms with Gasteiger partial charge in [-0.05, 0) is 24.3 Å². The number of esters is 1. The van der Waals surface area contributed by atoms with Crippen LogP contribution in [0.3, 0.4) is 0 Å². The summed E-state index contributed by atoms with van der Waals surface area (Å²) in [7, 11) is -4.68. The summed E-state index contributed by atoms with van der Waals surface area (Å²) in [6, 6.07) is 14.3. The third-order valence-corrected chi connectivity index (χ3v) is 7.30. The minimum absolute atomic E-state index is 0.111. The Hall–Kier alpha value is -2.86. The number of aliphatic hydroxyl groups excluding tert-OH is 2. The zero-order valence-corrected chi connectivity index (χ0v) is 16.5. The second kappa shape index (κ2) is 8.11. The Labute approximate surface area is 171 Å². The van der Waals surface area contributed by atoms with E-state index in [0.29, 0.717) is 0 Å². The van der Waals surface area contributed by atoms with Gasteiger partial charge in [-0.15, -0.1) is 0 Å². The molecule has 1 heterocycles. The first-order valence-electron chi connectivity index (χ1n) is 8.82. The van der Waals surface area contributed by atoms with Crippen molar-refractivity contribution >= 4 is 15.8 Å². The normalized spacial score (nSPS) is 26.0. The number of aliphatic hydroxyl groups is 2. The SMILES string of the molecule is CC([C@H]1O[C@@H](OC(=O)c2ccccc2)[C@H](O)[C@@H]1O)([N+](=O)[O-])S(=O)(=O)c1ccccc1. The van der Waals surface area contributed by atoms with Gasteiger partial charge in [-0.2, -0.15) is 0 Å². The second-order valence-electron chi connectivity index (χ2n) is 6.81. The number of nitro groups is 1. The molecule has 160 valence electrons. The van der Waals surface area contributed by atoms with Gasteiger partial charge in [0.25, 0.3) is 9.84 Å². The molecule has 0 radical (unpaired) electrons. The van der Waals surface area contributed by atoms with Crippen molar-refractivity contribution in [2.75, 3.05) is 0 Å². The number of rotatable bonds is 6. The highest BCUT2D eigenvalue weighted by Crippen LogP contribution is 2.38. The summed E-state index contributed by atoms with van der Waals surface area (Å²) >= 11 is 0. The van der Waals surface area contributed by atoms with Crippen LogP contribution >= 0.6 is 0 Å². The van der Waals surface area contributed by atoms with Crippen LogP contribution < -0.4 is 0 Å². The van der Waals surface area contributed by atoms with Gasteiger partial charge in [-0.25, -0.2) is 13.2 Å². The zero-order valence-electron chi connectivity index (χ0n) is 15.7. The van der Waals surface area contributed by atoms with Crippen molar-refractivity contribution in [1.82, 2.24) is 0 Å². The molecular weight excluding hydrogens is 418 g/mol. The van der Waals surface area contributed by atoms with Gasteiger partial charge in [0, 0.05) is 11.8 Å². The van der Waals surface area contributed by atoms with Crippen LogP contribution in [-0.4, -0.2) is 59.0 Å². The number of benzene rings is 2. The van der Waals surface area contributed by atoms with Gasteiger partial charge in [0.2, 0.25) is 6.29 Å². The maximum atomic E-state index is 13.1. The third-order valence-electron chi connectivity index (χ3n) is 4.94. The zero-order chi connectivity index (χ0) is 22.1. The van der Waals surface area contributed by atoms with E-state index in [2.05, 4.69) is 0 Å². The Kier molecular flexibility index (Phi) is 5.90. The van der Waals surface area contributed by atoms with Gasteiger partial charge in [0.05, 0.1) is 10.5 Å². The summed E-state index contributed by atoms with van der Waals surface area (Å²) in [5.41, 5.74) is 0.111. The predicted molar refractivity (Wildman–Crippen MR) is 102 cm³/mol. The molecule has 1 aliphatic heterocycles. The molecule has 30 heavy (non-hydrogen) atoms. The topological polar surface area (TPSA) is 153 Å². The number of hydrogen-bond acceptors (Lipinski definition) is 9. The molecule has 11 heteroatoms. The Morgan fingerprint density at radius 3 is 2.13 bits per heavy atom. The van der Waals surface area contributed by atoms with E-state index in [-0.39, 0.29) is 10.5 Å². The van der Waals surface area contributed by atoms with Gasteiger partial charge in [-0.3, -0.25) is 10.1 Å². The number of sulfone groups is 1. The lowest BCUT2D eigenvalue weighted by molar-refractivity contribution is -0.551. The van der Waals surface area contributed by atoms with Crippen molar-refractivity contribution < 1.29 is 37.8 Å². The van der Waals surface area contributed by atoms with Crippen LogP contribution in [0.25, 0.3) is 0 Å². The van der Waals surface area contributed by atoms with Gasteiger partial charge in [0.1, 0.15) is 12.2 Å². The van der Waals surface area contributed by atoms with Crippen LogP contribution in [0, 0.1) is 10.1 Å². The first-order chi connectivity index (χ1) is 14.1. The fraction of sp³-hybridized carbons (Fsp3) is 0.316. The van der Waals surface area contributed by atoms with E-state index in [1.807, 2.05) is 0 Å². The number of hydrogen-bond donors (Lipinski definition) is 2. The first-order valence-corrected chi connectivity index (χ1v) is 10.3. The number of carbonyl (C=O) groups excluding carboxylic acids is 1. The Morgan fingerprint density at radius 1 is 1.07 bits per heavy atom. The molecule has 0 amide bonds. The lowest BCUT2D eigenvalue weighted by Gasteiger charge is -2.28. The molecule has 1 fully saturated rings. The highest BCUT2D eigenvalue weighted by Gasteiger charge is 2.66. The molecule has 1 saturated heterocycles. The van der Waals surface area contributed by atoms with Crippen LogP contribution in [0.4, 0.5) is 0 Å². The lowest BCUT2D eigenvalue weighted by Crippen LogP contribution is -2.57. The number of nitrogens with zero attached hydrogens (tertiary/aromatic N) is 1. The van der Waals surface area contributed by atoms with Crippen molar-refractivity contribution in [2.24, 2.45) is 0 Å². The largest absolute Gasteiger partial charge is 0.429 e. The predicted octanol–water partition coefficient (Wildman–Crippen LogP) is 0.757. The highest BCUT2D eigenvalue weighted by molar-refractivity contribution is 7.92. The molecule has 3 rings (SSSR count). The summed E-state index contributed by atoms with van der Waals surface area (Å²) in [5, 5.41) is 32.5. The fourth-order valence-electron chi connectivity index (χ4n) is 3.13. The Balaban J connectivity index is 1.93. The summed E-state index contributed by atoms with van der Waals surface area (Å²) in [6.45, 7) is 0.775.